The lowest BCUT2D eigenvalue weighted by Crippen LogP contribution is -2.25. The number of carbonyl (C=O) groups excluding carboxylic acids is 1. The third kappa shape index (κ3) is 2.68. The second-order valence-corrected chi connectivity index (χ2v) is 5.34. The van der Waals surface area contributed by atoms with Crippen molar-refractivity contribution in [3.8, 4) is 0 Å². The number of hydrogen-bond donors (Lipinski definition) is 2. The van der Waals surface area contributed by atoms with Crippen molar-refractivity contribution in [3.05, 3.63) is 28.9 Å². The molecule has 8 nitrogen and oxygen atoms in total. The summed E-state index contributed by atoms with van der Waals surface area (Å²) in [6, 6.07) is 1.74. The standard InChI is InChI=1S/C12H12N6O2S/c1-6-16-8(20-18-6)3-4-14-11(19)10-9(13)7-2-5-15-17-12(7)21-10/h2,5H,3-4,13H2,1H3,(H,14,19). The quantitative estimate of drug-likeness (QED) is 0.735. The molecule has 1 amide bonds. The summed E-state index contributed by atoms with van der Waals surface area (Å²) in [5, 5.41) is 14.9. The maximum Gasteiger partial charge on any atom is 0.263 e. The monoisotopic (exact) mass is 304 g/mol. The van der Waals surface area contributed by atoms with Gasteiger partial charge in [-0.25, -0.2) is 0 Å². The number of nitrogen functional groups attached to an aromatic ring is 1. The van der Waals surface area contributed by atoms with Crippen LogP contribution in [0.3, 0.4) is 0 Å². The van der Waals surface area contributed by atoms with Crippen LogP contribution in [0.25, 0.3) is 10.2 Å². The molecule has 0 radical (unpaired) electrons. The number of anilines is 1. The number of hydrogen-bond acceptors (Lipinski definition) is 8. The highest BCUT2D eigenvalue weighted by molar-refractivity contribution is 7.21. The lowest BCUT2D eigenvalue weighted by molar-refractivity contribution is 0.0958. The van der Waals surface area contributed by atoms with Crippen LogP contribution in [0.15, 0.2) is 16.8 Å². The zero-order valence-electron chi connectivity index (χ0n) is 11.2. The topological polar surface area (TPSA) is 120 Å². The molecule has 0 fully saturated rings. The lowest BCUT2D eigenvalue weighted by Gasteiger charge is -2.02. The predicted molar refractivity (Wildman–Crippen MR) is 76.9 cm³/mol. The molecular weight excluding hydrogens is 292 g/mol. The van der Waals surface area contributed by atoms with Gasteiger partial charge in [0.25, 0.3) is 5.91 Å². The molecule has 21 heavy (non-hydrogen) atoms. The Balaban J connectivity index is 1.68. The van der Waals surface area contributed by atoms with E-state index in [0.29, 0.717) is 40.1 Å². The maximum absolute atomic E-state index is 12.1. The summed E-state index contributed by atoms with van der Waals surface area (Å²) >= 11 is 1.22. The molecule has 3 N–H and O–H groups in total. The number of thiophene rings is 1. The molecule has 3 rings (SSSR count). The fourth-order valence-corrected chi connectivity index (χ4v) is 2.80. The first kappa shape index (κ1) is 13.4. The molecule has 3 aromatic rings. The van der Waals surface area contributed by atoms with Gasteiger partial charge in [0.2, 0.25) is 5.89 Å². The lowest BCUT2D eigenvalue weighted by atomic mass is 10.3. The Bertz CT molecular complexity index is 796. The van der Waals surface area contributed by atoms with Crippen LogP contribution >= 0.6 is 11.3 Å². The van der Waals surface area contributed by atoms with Crippen LogP contribution in [0.2, 0.25) is 0 Å². The molecule has 0 unspecified atom stereocenters. The Hall–Kier alpha value is -2.55. The molecule has 0 saturated carbocycles. The summed E-state index contributed by atoms with van der Waals surface area (Å²) in [6.45, 7) is 2.13. The number of carbonyl (C=O) groups is 1. The van der Waals surface area contributed by atoms with E-state index in [2.05, 4.69) is 25.7 Å². The normalized spacial score (nSPS) is 10.9. The zero-order valence-corrected chi connectivity index (χ0v) is 12.0. The minimum Gasteiger partial charge on any atom is -0.397 e. The summed E-state index contributed by atoms with van der Waals surface area (Å²) in [7, 11) is 0. The van der Waals surface area contributed by atoms with Gasteiger partial charge in [-0.2, -0.15) is 10.1 Å². The highest BCUT2D eigenvalue weighted by Crippen LogP contribution is 2.31. The summed E-state index contributed by atoms with van der Waals surface area (Å²) in [5.41, 5.74) is 6.39. The number of nitrogens with zero attached hydrogens (tertiary/aromatic N) is 4. The second kappa shape index (κ2) is 5.44. The van der Waals surface area contributed by atoms with Gasteiger partial charge in [-0.05, 0) is 13.0 Å². The van der Waals surface area contributed by atoms with Crippen LogP contribution in [-0.4, -0.2) is 32.8 Å². The van der Waals surface area contributed by atoms with E-state index in [4.69, 9.17) is 10.3 Å². The van der Waals surface area contributed by atoms with Gasteiger partial charge in [0.1, 0.15) is 9.71 Å². The molecular formula is C12H12N6O2S. The molecule has 0 bridgehead atoms. The third-order valence-corrected chi connectivity index (χ3v) is 3.92. The Morgan fingerprint density at radius 3 is 3.10 bits per heavy atom. The number of nitrogens with two attached hydrogens (primary N) is 1. The fraction of sp³-hybridized carbons (Fsp3) is 0.250. The van der Waals surface area contributed by atoms with Gasteiger partial charge in [0, 0.05) is 18.4 Å². The Morgan fingerprint density at radius 1 is 1.52 bits per heavy atom. The highest BCUT2D eigenvalue weighted by Gasteiger charge is 2.17. The van der Waals surface area contributed by atoms with E-state index in [1.807, 2.05) is 0 Å². The Labute approximate surface area is 123 Å². The van der Waals surface area contributed by atoms with E-state index in [-0.39, 0.29) is 5.91 Å². The van der Waals surface area contributed by atoms with Crippen LogP contribution in [0.1, 0.15) is 21.4 Å². The van der Waals surface area contributed by atoms with Crippen molar-refractivity contribution in [1.82, 2.24) is 25.7 Å². The maximum atomic E-state index is 12.1. The molecule has 0 atom stereocenters. The summed E-state index contributed by atoms with van der Waals surface area (Å²) in [4.78, 5) is 17.3. The van der Waals surface area contributed by atoms with E-state index in [1.54, 1.807) is 19.2 Å². The molecule has 9 heteroatoms. The first-order valence-electron chi connectivity index (χ1n) is 6.22. The van der Waals surface area contributed by atoms with Crippen molar-refractivity contribution < 1.29 is 9.32 Å². The van der Waals surface area contributed by atoms with Gasteiger partial charge < -0.3 is 15.6 Å². The molecule has 0 aliphatic carbocycles. The van der Waals surface area contributed by atoms with Crippen molar-refractivity contribution >= 4 is 33.1 Å². The molecule has 0 aromatic carbocycles. The van der Waals surface area contributed by atoms with Crippen molar-refractivity contribution in [2.24, 2.45) is 0 Å². The fourth-order valence-electron chi connectivity index (χ4n) is 1.85. The van der Waals surface area contributed by atoms with Gasteiger partial charge in [-0.3, -0.25) is 4.79 Å². The molecule has 0 aliphatic rings. The smallest absolute Gasteiger partial charge is 0.263 e. The molecule has 3 heterocycles. The predicted octanol–water partition coefficient (Wildman–Crippen LogP) is 0.937. The first-order valence-corrected chi connectivity index (χ1v) is 7.04. The molecule has 108 valence electrons. The third-order valence-electron chi connectivity index (χ3n) is 2.82. The van der Waals surface area contributed by atoms with Gasteiger partial charge in [-0.15, -0.1) is 16.4 Å². The van der Waals surface area contributed by atoms with Gasteiger partial charge in [0.15, 0.2) is 5.82 Å². The summed E-state index contributed by atoms with van der Waals surface area (Å²) in [5.74, 6) is 0.818. The van der Waals surface area contributed by atoms with E-state index in [1.165, 1.54) is 11.3 Å². The number of rotatable bonds is 4. The van der Waals surface area contributed by atoms with E-state index >= 15 is 0 Å². The molecule has 0 saturated heterocycles. The van der Waals surface area contributed by atoms with E-state index < -0.39 is 0 Å². The highest BCUT2D eigenvalue weighted by atomic mass is 32.1. The van der Waals surface area contributed by atoms with Gasteiger partial charge in [-0.1, -0.05) is 5.16 Å². The Morgan fingerprint density at radius 2 is 2.38 bits per heavy atom. The minimum absolute atomic E-state index is 0.244. The molecule has 3 aromatic heterocycles. The van der Waals surface area contributed by atoms with Crippen LogP contribution in [0.5, 0.6) is 0 Å². The summed E-state index contributed by atoms with van der Waals surface area (Å²) in [6.07, 6.45) is 2.02. The average Bonchev–Trinajstić information content (AvgIpc) is 3.03. The van der Waals surface area contributed by atoms with Crippen molar-refractivity contribution in [2.45, 2.75) is 13.3 Å². The van der Waals surface area contributed by atoms with Crippen molar-refractivity contribution in [1.29, 1.82) is 0 Å². The SMILES string of the molecule is Cc1noc(CCNC(=O)c2sc3nnccc3c2N)n1. The number of aryl methyl sites for hydroxylation is 1. The largest absolute Gasteiger partial charge is 0.397 e. The number of nitrogens with one attached hydrogen (secondary N) is 1. The minimum atomic E-state index is -0.244. The van der Waals surface area contributed by atoms with Gasteiger partial charge >= 0.3 is 0 Å². The van der Waals surface area contributed by atoms with Crippen LogP contribution in [0, 0.1) is 6.92 Å². The van der Waals surface area contributed by atoms with E-state index in [9.17, 15) is 4.79 Å². The number of amides is 1. The van der Waals surface area contributed by atoms with Crippen LogP contribution in [0.4, 0.5) is 5.69 Å². The van der Waals surface area contributed by atoms with Crippen molar-refractivity contribution in [2.75, 3.05) is 12.3 Å². The van der Waals surface area contributed by atoms with Crippen LogP contribution < -0.4 is 11.1 Å². The number of aromatic nitrogens is 4. The summed E-state index contributed by atoms with van der Waals surface area (Å²) < 4.78 is 4.97. The van der Waals surface area contributed by atoms with Crippen LogP contribution in [-0.2, 0) is 6.42 Å². The first-order chi connectivity index (χ1) is 10.1. The molecule has 0 spiro atoms. The van der Waals surface area contributed by atoms with E-state index in [0.717, 1.165) is 5.39 Å². The second-order valence-electron chi connectivity index (χ2n) is 4.34. The van der Waals surface area contributed by atoms with Crippen molar-refractivity contribution in [3.63, 3.8) is 0 Å². The Kier molecular flexibility index (Phi) is 3.48. The average molecular weight is 304 g/mol. The zero-order chi connectivity index (χ0) is 14.8. The number of fused-ring (bicyclic) bond motifs is 1. The molecule has 0 aliphatic heterocycles. The van der Waals surface area contributed by atoms with Gasteiger partial charge in [0.05, 0.1) is 11.9 Å².